The number of cyclic esters (lactones) is 1. The second-order valence-electron chi connectivity index (χ2n) is 3.47. The Morgan fingerprint density at radius 3 is 2.77 bits per heavy atom. The third-order valence-electron chi connectivity index (χ3n) is 2.27. The summed E-state index contributed by atoms with van der Waals surface area (Å²) in [5.74, 6) is 2.94. The van der Waals surface area contributed by atoms with Crippen molar-refractivity contribution in [3.63, 3.8) is 0 Å². The molecule has 0 bridgehead atoms. The van der Waals surface area contributed by atoms with E-state index in [0.29, 0.717) is 6.54 Å². The van der Waals surface area contributed by atoms with Gasteiger partial charge in [-0.3, -0.25) is 0 Å². The van der Waals surface area contributed by atoms with Crippen LogP contribution in [-0.4, -0.2) is 43.3 Å². The predicted octanol–water partition coefficient (Wildman–Crippen LogP) is 0.0474. The smallest absolute Gasteiger partial charge is 0.407 e. The van der Waals surface area contributed by atoms with Gasteiger partial charge >= 0.3 is 6.09 Å². The molecular formula is C8H14N2O2S. The highest BCUT2D eigenvalue weighted by atomic mass is 32.2. The second kappa shape index (κ2) is 4.19. The van der Waals surface area contributed by atoms with Crippen molar-refractivity contribution in [1.82, 2.24) is 10.6 Å². The number of carbonyl (C=O) groups excluding carboxylic acids is 1. The Bertz CT molecular complexity index is 197. The van der Waals surface area contributed by atoms with Gasteiger partial charge < -0.3 is 15.4 Å². The summed E-state index contributed by atoms with van der Waals surface area (Å²) in [7, 11) is 0. The molecule has 2 aliphatic rings. The number of rotatable bonds is 4. The van der Waals surface area contributed by atoms with Gasteiger partial charge in [0.1, 0.15) is 6.10 Å². The van der Waals surface area contributed by atoms with Crippen molar-refractivity contribution in [2.24, 2.45) is 5.92 Å². The van der Waals surface area contributed by atoms with Crippen LogP contribution in [0.4, 0.5) is 4.79 Å². The topological polar surface area (TPSA) is 50.4 Å². The summed E-state index contributed by atoms with van der Waals surface area (Å²) in [5.41, 5.74) is 0. The molecule has 0 spiro atoms. The number of amides is 1. The zero-order valence-corrected chi connectivity index (χ0v) is 8.23. The molecule has 74 valence electrons. The average molecular weight is 202 g/mol. The SMILES string of the molecule is O=C1NCC(CSCC2CNC2)O1. The molecule has 2 heterocycles. The van der Waals surface area contributed by atoms with Crippen molar-refractivity contribution in [2.45, 2.75) is 6.10 Å². The van der Waals surface area contributed by atoms with E-state index < -0.39 is 0 Å². The summed E-state index contributed by atoms with van der Waals surface area (Å²) in [6, 6.07) is 0. The van der Waals surface area contributed by atoms with Crippen LogP contribution in [-0.2, 0) is 4.74 Å². The minimum absolute atomic E-state index is 0.0885. The molecule has 0 radical (unpaired) electrons. The lowest BCUT2D eigenvalue weighted by Crippen LogP contribution is -2.43. The maximum absolute atomic E-state index is 10.7. The highest BCUT2D eigenvalue weighted by molar-refractivity contribution is 7.99. The van der Waals surface area contributed by atoms with Crippen LogP contribution in [0.15, 0.2) is 0 Å². The predicted molar refractivity (Wildman–Crippen MR) is 52.0 cm³/mol. The van der Waals surface area contributed by atoms with Crippen LogP contribution in [0.1, 0.15) is 0 Å². The van der Waals surface area contributed by atoms with Crippen molar-refractivity contribution >= 4 is 17.9 Å². The van der Waals surface area contributed by atoms with Crippen molar-refractivity contribution in [3.8, 4) is 0 Å². The Hall–Kier alpha value is -0.420. The highest BCUT2D eigenvalue weighted by Gasteiger charge is 2.23. The van der Waals surface area contributed by atoms with Crippen LogP contribution in [0, 0.1) is 5.92 Å². The van der Waals surface area contributed by atoms with Crippen LogP contribution in [0.2, 0.25) is 0 Å². The van der Waals surface area contributed by atoms with Gasteiger partial charge in [0.25, 0.3) is 0 Å². The van der Waals surface area contributed by atoms with E-state index in [1.54, 1.807) is 0 Å². The number of alkyl carbamates (subject to hydrolysis) is 1. The van der Waals surface area contributed by atoms with Gasteiger partial charge in [0.2, 0.25) is 0 Å². The van der Waals surface area contributed by atoms with Gasteiger partial charge in [-0.15, -0.1) is 0 Å². The quantitative estimate of drug-likeness (QED) is 0.676. The lowest BCUT2D eigenvalue weighted by molar-refractivity contribution is 0.150. The molecule has 2 aliphatic heterocycles. The molecule has 5 heteroatoms. The summed E-state index contributed by atoms with van der Waals surface area (Å²) in [6.45, 7) is 2.97. The monoisotopic (exact) mass is 202 g/mol. The Labute approximate surface area is 81.8 Å². The van der Waals surface area contributed by atoms with Gasteiger partial charge in [-0.05, 0) is 24.8 Å². The first-order valence-corrected chi connectivity index (χ1v) is 5.73. The maximum atomic E-state index is 10.7. The Balaban J connectivity index is 1.54. The molecule has 0 aromatic carbocycles. The van der Waals surface area contributed by atoms with Gasteiger partial charge in [-0.25, -0.2) is 4.79 Å². The molecule has 2 saturated heterocycles. The first-order valence-electron chi connectivity index (χ1n) is 4.57. The standard InChI is InChI=1S/C8H14N2O2S/c11-8-10-3-7(12-8)5-13-4-6-1-9-2-6/h6-7,9H,1-5H2,(H,10,11). The summed E-state index contributed by atoms with van der Waals surface area (Å²) < 4.78 is 5.01. The first kappa shape index (κ1) is 9.15. The molecular weight excluding hydrogens is 188 g/mol. The van der Waals surface area contributed by atoms with Crippen molar-refractivity contribution in [3.05, 3.63) is 0 Å². The highest BCUT2D eigenvalue weighted by Crippen LogP contribution is 2.15. The number of ether oxygens (including phenoxy) is 1. The molecule has 13 heavy (non-hydrogen) atoms. The Kier molecular flexibility index (Phi) is 2.95. The van der Waals surface area contributed by atoms with Gasteiger partial charge in [0.15, 0.2) is 0 Å². The van der Waals surface area contributed by atoms with Gasteiger partial charge in [-0.1, -0.05) is 0 Å². The lowest BCUT2D eigenvalue weighted by atomic mass is 10.1. The summed E-state index contributed by atoms with van der Waals surface area (Å²) in [6.07, 6.45) is -0.179. The van der Waals surface area contributed by atoms with E-state index in [0.717, 1.165) is 24.8 Å². The van der Waals surface area contributed by atoms with Gasteiger partial charge in [0, 0.05) is 5.75 Å². The molecule has 0 aliphatic carbocycles. The van der Waals surface area contributed by atoms with Crippen LogP contribution in [0.25, 0.3) is 0 Å². The molecule has 1 amide bonds. The number of hydrogen-bond acceptors (Lipinski definition) is 4. The Morgan fingerprint density at radius 1 is 1.38 bits per heavy atom. The summed E-state index contributed by atoms with van der Waals surface area (Å²) >= 11 is 1.88. The van der Waals surface area contributed by atoms with E-state index in [2.05, 4.69) is 10.6 Å². The largest absolute Gasteiger partial charge is 0.443 e. The van der Waals surface area contributed by atoms with Crippen molar-refractivity contribution in [1.29, 1.82) is 0 Å². The fourth-order valence-corrected chi connectivity index (χ4v) is 2.51. The van der Waals surface area contributed by atoms with E-state index in [1.165, 1.54) is 5.75 Å². The first-order chi connectivity index (χ1) is 6.34. The van der Waals surface area contributed by atoms with Crippen LogP contribution in [0.5, 0.6) is 0 Å². The molecule has 2 N–H and O–H groups in total. The minimum Gasteiger partial charge on any atom is -0.443 e. The number of hydrogen-bond donors (Lipinski definition) is 2. The molecule has 2 rings (SSSR count). The molecule has 0 aromatic rings. The zero-order chi connectivity index (χ0) is 9.10. The maximum Gasteiger partial charge on any atom is 0.407 e. The van der Waals surface area contributed by atoms with E-state index >= 15 is 0 Å². The van der Waals surface area contributed by atoms with E-state index in [9.17, 15) is 4.79 Å². The van der Waals surface area contributed by atoms with Gasteiger partial charge in [0.05, 0.1) is 6.54 Å². The third kappa shape index (κ3) is 2.51. The molecule has 4 nitrogen and oxygen atoms in total. The van der Waals surface area contributed by atoms with Crippen LogP contribution in [0.3, 0.4) is 0 Å². The van der Waals surface area contributed by atoms with Crippen molar-refractivity contribution < 1.29 is 9.53 Å². The van der Waals surface area contributed by atoms with Crippen LogP contribution >= 0.6 is 11.8 Å². The van der Waals surface area contributed by atoms with Crippen molar-refractivity contribution in [2.75, 3.05) is 31.1 Å². The molecule has 2 fully saturated rings. The van der Waals surface area contributed by atoms with E-state index in [1.807, 2.05) is 11.8 Å². The van der Waals surface area contributed by atoms with Crippen LogP contribution < -0.4 is 10.6 Å². The molecule has 1 unspecified atom stereocenters. The lowest BCUT2D eigenvalue weighted by Gasteiger charge is -2.26. The van der Waals surface area contributed by atoms with E-state index in [-0.39, 0.29) is 12.2 Å². The fourth-order valence-electron chi connectivity index (χ4n) is 1.36. The second-order valence-corrected chi connectivity index (χ2v) is 4.54. The molecule has 1 atom stereocenters. The number of nitrogens with one attached hydrogen (secondary N) is 2. The number of thioether (sulfide) groups is 1. The van der Waals surface area contributed by atoms with Gasteiger partial charge in [-0.2, -0.15) is 11.8 Å². The summed E-state index contributed by atoms with van der Waals surface area (Å²) in [4.78, 5) is 10.7. The minimum atomic E-state index is -0.268. The van der Waals surface area contributed by atoms with E-state index in [4.69, 9.17) is 4.74 Å². The molecule has 0 aromatic heterocycles. The fraction of sp³-hybridized carbons (Fsp3) is 0.875. The third-order valence-corrected chi connectivity index (χ3v) is 3.59. The summed E-state index contributed by atoms with van der Waals surface area (Å²) in [5, 5.41) is 5.88. The number of carbonyl (C=O) groups is 1. The normalized spacial score (nSPS) is 28.0. The molecule has 0 saturated carbocycles. The zero-order valence-electron chi connectivity index (χ0n) is 7.41. The Morgan fingerprint density at radius 2 is 2.23 bits per heavy atom. The average Bonchev–Trinajstić information content (AvgIpc) is 2.42.